The molecule has 1 heterocycles. The predicted octanol–water partition coefficient (Wildman–Crippen LogP) is 3.67. The number of hydrogen-bond acceptors (Lipinski definition) is 7. The summed E-state index contributed by atoms with van der Waals surface area (Å²) in [6, 6.07) is 7.28. The third-order valence-corrected chi connectivity index (χ3v) is 6.72. The Labute approximate surface area is 251 Å². The molecule has 1 aromatic heterocycles. The number of aromatic nitrogens is 4. The van der Waals surface area contributed by atoms with Crippen molar-refractivity contribution >= 4 is 11.8 Å². The fourth-order valence-electron chi connectivity index (χ4n) is 4.85. The number of carbonyl (C=O) groups excluding carboxylic acids is 2. The molecule has 0 fully saturated rings. The van der Waals surface area contributed by atoms with E-state index in [-0.39, 0.29) is 37.5 Å². The van der Waals surface area contributed by atoms with Gasteiger partial charge in [0.1, 0.15) is 11.6 Å². The van der Waals surface area contributed by atoms with E-state index in [1.54, 1.807) is 25.1 Å². The molecular weight excluding hydrogens is 556 g/mol. The number of tetrazole rings is 1. The van der Waals surface area contributed by atoms with Crippen LogP contribution < -0.4 is 10.6 Å². The van der Waals surface area contributed by atoms with Crippen LogP contribution in [0.1, 0.15) is 78.2 Å². The Balaban J connectivity index is 1.88. The van der Waals surface area contributed by atoms with Gasteiger partial charge >= 0.3 is 0 Å². The minimum atomic E-state index is -1.12. The van der Waals surface area contributed by atoms with Crippen LogP contribution in [0.4, 0.5) is 8.78 Å². The van der Waals surface area contributed by atoms with Crippen LogP contribution in [0.2, 0.25) is 0 Å². The normalized spacial score (nSPS) is 12.8. The summed E-state index contributed by atoms with van der Waals surface area (Å²) in [5, 5.41) is 29.8. The summed E-state index contributed by atoms with van der Waals surface area (Å²) in [6.07, 6.45) is 0.221. The van der Waals surface area contributed by atoms with Crippen LogP contribution in [0, 0.1) is 24.5 Å². The molecule has 0 spiro atoms. The fraction of sp³-hybridized carbons (Fsp3) is 0.516. The van der Waals surface area contributed by atoms with Gasteiger partial charge in [0, 0.05) is 36.8 Å². The third-order valence-electron chi connectivity index (χ3n) is 6.72. The second-order valence-electron chi connectivity index (χ2n) is 11.2. The lowest BCUT2D eigenvalue weighted by Crippen LogP contribution is -2.51. The Morgan fingerprint density at radius 3 is 2.37 bits per heavy atom. The molecule has 0 saturated carbocycles. The molecule has 43 heavy (non-hydrogen) atoms. The Bertz CT molecular complexity index is 1340. The zero-order chi connectivity index (χ0) is 31.5. The lowest BCUT2D eigenvalue weighted by atomic mass is 9.97. The monoisotopic (exact) mass is 599 g/mol. The number of nitrogens with one attached hydrogen (secondary N) is 2. The standard InChI is InChI=1S/C31H43F2N7O3/c1-6-8-35-30(42)23-10-21(5)11-24(15-23)31(43)39(9-7-2)27(14-22-12-25(32)16-26(33)13-22)28(41)17-34-18-29-36-38-40(37-29)19-20(3)4/h10-13,15-16,20,27-28,34,41H,6-9,14,17-19H2,1-5H3,(H,35,42)/t27-,28+/m0/s1. The fourth-order valence-corrected chi connectivity index (χ4v) is 4.85. The highest BCUT2D eigenvalue weighted by molar-refractivity contribution is 6.00. The molecule has 2 amide bonds. The Kier molecular flexibility index (Phi) is 12.7. The second-order valence-corrected chi connectivity index (χ2v) is 11.2. The smallest absolute Gasteiger partial charge is 0.254 e. The SMILES string of the molecule is CCCNC(=O)c1cc(C)cc(C(=O)N(CCC)[C@@H](Cc2cc(F)cc(F)c2)[C@H](O)CNCc2nnn(CC(C)C)n2)c1. The highest BCUT2D eigenvalue weighted by Gasteiger charge is 2.31. The van der Waals surface area contributed by atoms with E-state index in [2.05, 4.69) is 26.0 Å². The van der Waals surface area contributed by atoms with Crippen molar-refractivity contribution < 1.29 is 23.5 Å². The van der Waals surface area contributed by atoms with Gasteiger partial charge in [0.15, 0.2) is 5.82 Å². The van der Waals surface area contributed by atoms with Crippen molar-refractivity contribution in [3.63, 3.8) is 0 Å². The van der Waals surface area contributed by atoms with Crippen LogP contribution in [0.15, 0.2) is 36.4 Å². The van der Waals surface area contributed by atoms with Gasteiger partial charge in [0.25, 0.3) is 11.8 Å². The first kappa shape index (κ1) is 33.7. The largest absolute Gasteiger partial charge is 0.390 e. The van der Waals surface area contributed by atoms with Crippen molar-refractivity contribution in [2.75, 3.05) is 19.6 Å². The molecule has 0 radical (unpaired) electrons. The second kappa shape index (κ2) is 16.2. The number of rotatable bonds is 16. The molecule has 3 rings (SSSR count). The van der Waals surface area contributed by atoms with E-state index in [1.807, 2.05) is 27.7 Å². The van der Waals surface area contributed by atoms with Gasteiger partial charge in [-0.1, -0.05) is 27.7 Å². The van der Waals surface area contributed by atoms with Crippen molar-refractivity contribution in [1.29, 1.82) is 0 Å². The predicted molar refractivity (Wildman–Crippen MR) is 159 cm³/mol. The summed E-state index contributed by atoms with van der Waals surface area (Å²) in [5.74, 6) is -1.36. The summed E-state index contributed by atoms with van der Waals surface area (Å²) < 4.78 is 28.2. The molecule has 3 aromatic rings. The first-order valence-electron chi connectivity index (χ1n) is 14.8. The van der Waals surface area contributed by atoms with Crippen LogP contribution in [0.3, 0.4) is 0 Å². The van der Waals surface area contributed by atoms with E-state index < -0.39 is 29.7 Å². The maximum absolute atomic E-state index is 14.1. The van der Waals surface area contributed by atoms with Gasteiger partial charge in [0.05, 0.1) is 25.2 Å². The summed E-state index contributed by atoms with van der Waals surface area (Å²) >= 11 is 0. The van der Waals surface area contributed by atoms with Gasteiger partial charge in [-0.05, 0) is 78.8 Å². The number of aliphatic hydroxyl groups excluding tert-OH is 1. The Hall–Kier alpha value is -3.77. The Morgan fingerprint density at radius 1 is 1.02 bits per heavy atom. The molecule has 0 bridgehead atoms. The van der Waals surface area contributed by atoms with Crippen LogP contribution in [-0.2, 0) is 19.5 Å². The van der Waals surface area contributed by atoms with Crippen molar-refractivity contribution in [3.05, 3.63) is 76.1 Å². The van der Waals surface area contributed by atoms with Crippen LogP contribution in [0.25, 0.3) is 0 Å². The van der Waals surface area contributed by atoms with Crippen molar-refractivity contribution in [2.24, 2.45) is 5.92 Å². The minimum Gasteiger partial charge on any atom is -0.390 e. The van der Waals surface area contributed by atoms with Crippen LogP contribution >= 0.6 is 0 Å². The zero-order valence-corrected chi connectivity index (χ0v) is 25.6. The number of aryl methyl sites for hydroxylation is 1. The number of aliphatic hydroxyl groups is 1. The topological polar surface area (TPSA) is 125 Å². The molecule has 0 unspecified atom stereocenters. The molecule has 0 saturated heterocycles. The number of benzene rings is 2. The minimum absolute atomic E-state index is 0.00173. The van der Waals surface area contributed by atoms with Crippen LogP contribution in [0.5, 0.6) is 0 Å². The lowest BCUT2D eigenvalue weighted by molar-refractivity contribution is 0.0353. The summed E-state index contributed by atoms with van der Waals surface area (Å²) in [7, 11) is 0. The van der Waals surface area contributed by atoms with Gasteiger partial charge in [-0.25, -0.2) is 8.78 Å². The van der Waals surface area contributed by atoms with Gasteiger partial charge < -0.3 is 20.6 Å². The highest BCUT2D eigenvalue weighted by atomic mass is 19.1. The van der Waals surface area contributed by atoms with Gasteiger partial charge in [0.2, 0.25) is 0 Å². The molecule has 2 atom stereocenters. The van der Waals surface area contributed by atoms with E-state index in [4.69, 9.17) is 0 Å². The molecule has 0 aliphatic heterocycles. The van der Waals surface area contributed by atoms with Gasteiger partial charge in [-0.15, -0.1) is 10.2 Å². The average Bonchev–Trinajstić information content (AvgIpc) is 3.38. The molecule has 0 aliphatic carbocycles. The quantitative estimate of drug-likeness (QED) is 0.230. The van der Waals surface area contributed by atoms with E-state index in [1.165, 1.54) is 21.8 Å². The molecule has 10 nitrogen and oxygen atoms in total. The van der Waals surface area contributed by atoms with Gasteiger partial charge in [-0.2, -0.15) is 4.80 Å². The molecule has 3 N–H and O–H groups in total. The van der Waals surface area contributed by atoms with E-state index in [0.717, 1.165) is 18.1 Å². The first-order valence-corrected chi connectivity index (χ1v) is 14.8. The number of nitrogens with zero attached hydrogens (tertiary/aromatic N) is 5. The number of amides is 2. The number of hydrogen-bond donors (Lipinski definition) is 3. The Morgan fingerprint density at radius 2 is 1.72 bits per heavy atom. The number of carbonyl (C=O) groups is 2. The summed E-state index contributed by atoms with van der Waals surface area (Å²) in [4.78, 5) is 29.7. The molecule has 2 aromatic carbocycles. The molecule has 12 heteroatoms. The van der Waals surface area contributed by atoms with E-state index in [0.29, 0.717) is 42.4 Å². The summed E-state index contributed by atoms with van der Waals surface area (Å²) in [6.45, 7) is 11.4. The lowest BCUT2D eigenvalue weighted by Gasteiger charge is -2.35. The first-order chi connectivity index (χ1) is 20.5. The van der Waals surface area contributed by atoms with E-state index >= 15 is 0 Å². The third kappa shape index (κ3) is 10.2. The average molecular weight is 600 g/mol. The van der Waals surface area contributed by atoms with Gasteiger partial charge in [-0.3, -0.25) is 9.59 Å². The molecule has 0 aliphatic rings. The maximum Gasteiger partial charge on any atom is 0.254 e. The summed E-state index contributed by atoms with van der Waals surface area (Å²) in [5.41, 5.74) is 1.68. The molecule has 234 valence electrons. The van der Waals surface area contributed by atoms with Crippen LogP contribution in [-0.4, -0.2) is 73.8 Å². The maximum atomic E-state index is 14.1. The van der Waals surface area contributed by atoms with Crippen molar-refractivity contribution in [1.82, 2.24) is 35.7 Å². The van der Waals surface area contributed by atoms with Crippen molar-refractivity contribution in [3.8, 4) is 0 Å². The molecular formula is C31H43F2N7O3. The van der Waals surface area contributed by atoms with Crippen molar-refractivity contribution in [2.45, 2.75) is 79.1 Å². The zero-order valence-electron chi connectivity index (χ0n) is 25.6. The van der Waals surface area contributed by atoms with E-state index in [9.17, 15) is 23.5 Å². The highest BCUT2D eigenvalue weighted by Crippen LogP contribution is 2.20. The number of halogens is 2.